The molecular formula is C11H13N. The molecule has 0 atom stereocenters. The van der Waals surface area contributed by atoms with Crippen LogP contribution in [0.1, 0.15) is 12.5 Å². The fraction of sp³-hybridized carbons (Fsp3) is 0.182. The summed E-state index contributed by atoms with van der Waals surface area (Å²) in [6.07, 6.45) is 9.70. The van der Waals surface area contributed by atoms with Crippen LogP contribution in [0.15, 0.2) is 24.5 Å². The van der Waals surface area contributed by atoms with E-state index in [0.29, 0.717) is 0 Å². The molecule has 0 aliphatic rings. The van der Waals surface area contributed by atoms with E-state index in [4.69, 9.17) is 0 Å². The second-order valence-electron chi connectivity index (χ2n) is 2.72. The summed E-state index contributed by atoms with van der Waals surface area (Å²) >= 11 is 0. The molecule has 0 bridgehead atoms. The van der Waals surface area contributed by atoms with Gasteiger partial charge in [-0.15, -0.1) is 0 Å². The van der Waals surface area contributed by atoms with E-state index in [2.05, 4.69) is 17.6 Å². The van der Waals surface area contributed by atoms with Crippen molar-refractivity contribution in [3.63, 3.8) is 0 Å². The number of nitrogens with zero attached hydrogens (tertiary/aromatic N) is 1. The lowest BCUT2D eigenvalue weighted by molar-refractivity contribution is 1.21. The molecule has 1 heteroatoms. The fourth-order valence-electron chi connectivity index (χ4n) is 1.06. The van der Waals surface area contributed by atoms with E-state index in [1.807, 2.05) is 32.2 Å². The summed E-state index contributed by atoms with van der Waals surface area (Å²) < 4.78 is 0. The molecule has 0 saturated heterocycles. The summed E-state index contributed by atoms with van der Waals surface area (Å²) in [5.74, 6) is 0. The molecule has 62 valence electrons. The number of pyridine rings is 1. The molecule has 0 saturated carbocycles. The molecule has 12 heavy (non-hydrogen) atoms. The Balaban J connectivity index is 3.41. The number of allylic oxidation sites excluding steroid dienone is 2. The quantitative estimate of drug-likeness (QED) is 0.599. The number of hydrogen-bond donors (Lipinski definition) is 0. The Labute approximate surface area is 72.8 Å². The molecule has 0 aliphatic heterocycles. The zero-order valence-electron chi connectivity index (χ0n) is 7.54. The van der Waals surface area contributed by atoms with Crippen LogP contribution in [-0.4, -0.2) is 4.98 Å². The van der Waals surface area contributed by atoms with E-state index in [1.165, 1.54) is 10.8 Å². The van der Waals surface area contributed by atoms with Crippen LogP contribution in [0.3, 0.4) is 0 Å². The van der Waals surface area contributed by atoms with E-state index in [-0.39, 0.29) is 0 Å². The molecule has 0 N–H and O–H groups in total. The van der Waals surface area contributed by atoms with Crippen LogP contribution in [-0.2, 0) is 0 Å². The van der Waals surface area contributed by atoms with E-state index < -0.39 is 0 Å². The van der Waals surface area contributed by atoms with Crippen LogP contribution in [0.2, 0.25) is 0 Å². The Hall–Kier alpha value is -1.37. The van der Waals surface area contributed by atoms with E-state index in [9.17, 15) is 0 Å². The number of aryl methyl sites for hydroxylation is 1. The summed E-state index contributed by atoms with van der Waals surface area (Å²) in [5.41, 5.74) is 1.17. The average molecular weight is 159 g/mol. The zero-order chi connectivity index (χ0) is 8.97. The molecule has 0 amide bonds. The molecule has 0 aromatic carbocycles. The van der Waals surface area contributed by atoms with E-state index >= 15 is 0 Å². The largest absolute Gasteiger partial charge is 0.264 e. The van der Waals surface area contributed by atoms with Crippen molar-refractivity contribution in [2.75, 3.05) is 0 Å². The first-order chi connectivity index (χ1) is 5.75. The average Bonchev–Trinajstić information content (AvgIpc) is 2.04. The van der Waals surface area contributed by atoms with Crippen molar-refractivity contribution in [2.45, 2.75) is 13.8 Å². The number of hydrogen-bond acceptors (Lipinski definition) is 1. The van der Waals surface area contributed by atoms with Crippen molar-refractivity contribution < 1.29 is 0 Å². The Morgan fingerprint density at radius 1 is 1.42 bits per heavy atom. The van der Waals surface area contributed by atoms with Crippen LogP contribution in [0.25, 0.3) is 12.7 Å². The van der Waals surface area contributed by atoms with Gasteiger partial charge in [-0.1, -0.05) is 24.8 Å². The van der Waals surface area contributed by atoms with Crippen molar-refractivity contribution in [2.24, 2.45) is 0 Å². The van der Waals surface area contributed by atoms with Crippen LogP contribution in [0, 0.1) is 6.92 Å². The van der Waals surface area contributed by atoms with E-state index in [0.717, 1.165) is 5.22 Å². The topological polar surface area (TPSA) is 12.9 Å². The predicted molar refractivity (Wildman–Crippen MR) is 53.0 cm³/mol. The van der Waals surface area contributed by atoms with Gasteiger partial charge >= 0.3 is 0 Å². The first kappa shape index (κ1) is 8.72. The Morgan fingerprint density at radius 2 is 2.17 bits per heavy atom. The normalized spacial score (nSPS) is 12.7. The smallest absolute Gasteiger partial charge is 0.0340 e. The number of rotatable bonds is 1. The van der Waals surface area contributed by atoms with Gasteiger partial charge in [-0.05, 0) is 29.8 Å². The molecule has 0 fully saturated rings. The van der Waals surface area contributed by atoms with Crippen molar-refractivity contribution >= 4 is 12.7 Å². The van der Waals surface area contributed by atoms with Crippen molar-refractivity contribution in [1.29, 1.82) is 0 Å². The monoisotopic (exact) mass is 159 g/mol. The summed E-state index contributed by atoms with van der Waals surface area (Å²) in [4.78, 5) is 4.05. The fourth-order valence-corrected chi connectivity index (χ4v) is 1.06. The molecule has 1 aromatic heterocycles. The van der Waals surface area contributed by atoms with Crippen LogP contribution < -0.4 is 10.4 Å². The van der Waals surface area contributed by atoms with Gasteiger partial charge in [0.2, 0.25) is 0 Å². The Bertz CT molecular complexity index is 388. The van der Waals surface area contributed by atoms with Gasteiger partial charge in [0, 0.05) is 12.4 Å². The molecule has 1 aromatic rings. The minimum atomic E-state index is 0.980. The van der Waals surface area contributed by atoms with Gasteiger partial charge in [-0.3, -0.25) is 4.98 Å². The molecule has 1 rings (SSSR count). The van der Waals surface area contributed by atoms with Crippen LogP contribution in [0.5, 0.6) is 0 Å². The lowest BCUT2D eigenvalue weighted by atomic mass is 10.2. The van der Waals surface area contributed by atoms with Crippen LogP contribution >= 0.6 is 0 Å². The summed E-state index contributed by atoms with van der Waals surface area (Å²) in [7, 11) is 0. The second-order valence-corrected chi connectivity index (χ2v) is 2.72. The molecule has 0 unspecified atom stereocenters. The second kappa shape index (κ2) is 3.86. The highest BCUT2D eigenvalue weighted by Crippen LogP contribution is 1.80. The maximum absolute atomic E-state index is 4.05. The van der Waals surface area contributed by atoms with Gasteiger partial charge < -0.3 is 0 Å². The minimum absolute atomic E-state index is 0.980. The molecular weight excluding hydrogens is 146 g/mol. The molecule has 1 nitrogen and oxygen atoms in total. The summed E-state index contributed by atoms with van der Waals surface area (Å²) in [5, 5.41) is 2.15. The lowest BCUT2D eigenvalue weighted by Crippen LogP contribution is -2.26. The summed E-state index contributed by atoms with van der Waals surface area (Å²) in [6, 6.07) is 0. The van der Waals surface area contributed by atoms with Gasteiger partial charge in [-0.2, -0.15) is 0 Å². The third-order valence-corrected chi connectivity index (χ3v) is 1.72. The lowest BCUT2D eigenvalue weighted by Gasteiger charge is -1.92. The van der Waals surface area contributed by atoms with Gasteiger partial charge in [0.05, 0.1) is 0 Å². The standard InChI is InChI=1S/C11H13N/c1-4-5-6-11-9(2)7-12-8-10(11)3/h4-8H,2H2,1,3H3/b5-4-,11-6+. The Kier molecular flexibility index (Phi) is 2.81. The SMILES string of the molecule is C=c1cncc(C)/c1=C/C=C\C. The van der Waals surface area contributed by atoms with Gasteiger partial charge in [0.1, 0.15) is 0 Å². The Morgan fingerprint density at radius 3 is 2.75 bits per heavy atom. The summed E-state index contributed by atoms with van der Waals surface area (Å²) in [6.45, 7) is 7.94. The minimum Gasteiger partial charge on any atom is -0.264 e. The molecule has 0 spiro atoms. The maximum Gasteiger partial charge on any atom is 0.0340 e. The van der Waals surface area contributed by atoms with Crippen molar-refractivity contribution in [3.05, 3.63) is 40.5 Å². The third-order valence-electron chi connectivity index (χ3n) is 1.72. The molecule has 0 radical (unpaired) electrons. The van der Waals surface area contributed by atoms with Gasteiger partial charge in [-0.25, -0.2) is 0 Å². The molecule has 0 aliphatic carbocycles. The first-order valence-electron chi connectivity index (χ1n) is 3.98. The van der Waals surface area contributed by atoms with Gasteiger partial charge in [0.15, 0.2) is 0 Å². The number of aromatic nitrogens is 1. The highest BCUT2D eigenvalue weighted by Gasteiger charge is 1.86. The van der Waals surface area contributed by atoms with Crippen LogP contribution in [0.4, 0.5) is 0 Å². The maximum atomic E-state index is 4.05. The van der Waals surface area contributed by atoms with E-state index in [1.54, 1.807) is 6.20 Å². The zero-order valence-corrected chi connectivity index (χ0v) is 7.54. The third kappa shape index (κ3) is 1.82. The van der Waals surface area contributed by atoms with Gasteiger partial charge in [0.25, 0.3) is 0 Å². The highest BCUT2D eigenvalue weighted by atomic mass is 14.6. The predicted octanol–water partition coefficient (Wildman–Crippen LogP) is 1.16. The van der Waals surface area contributed by atoms with Crippen molar-refractivity contribution in [1.82, 2.24) is 4.98 Å². The molecule has 1 heterocycles. The first-order valence-corrected chi connectivity index (χ1v) is 3.98. The van der Waals surface area contributed by atoms with Crippen molar-refractivity contribution in [3.8, 4) is 0 Å². The highest BCUT2D eigenvalue weighted by molar-refractivity contribution is 5.39.